The van der Waals surface area contributed by atoms with E-state index in [-0.39, 0.29) is 23.9 Å². The zero-order valence-corrected chi connectivity index (χ0v) is 21.8. The Morgan fingerprint density at radius 2 is 1.97 bits per heavy atom. The van der Waals surface area contributed by atoms with Crippen molar-refractivity contribution in [1.82, 2.24) is 19.1 Å². The van der Waals surface area contributed by atoms with E-state index in [0.29, 0.717) is 39.3 Å². The molecule has 1 aliphatic rings. The first kappa shape index (κ1) is 25.6. The van der Waals surface area contributed by atoms with Gasteiger partial charge in [-0.2, -0.15) is 4.39 Å². The van der Waals surface area contributed by atoms with Gasteiger partial charge in [-0.05, 0) is 50.5 Å². The molecule has 5 rings (SSSR count). The monoisotopic (exact) mass is 520 g/mol. The normalized spacial score (nSPS) is 16.4. The van der Waals surface area contributed by atoms with Crippen LogP contribution in [0.2, 0.25) is 0 Å². The molecule has 1 aliphatic carbocycles. The summed E-state index contributed by atoms with van der Waals surface area (Å²) < 4.78 is 23.9. The van der Waals surface area contributed by atoms with Gasteiger partial charge in [-0.1, -0.05) is 25.0 Å². The number of imidazole rings is 1. The zero-order chi connectivity index (χ0) is 27.1. The van der Waals surface area contributed by atoms with Crippen molar-refractivity contribution in [3.8, 4) is 16.9 Å². The summed E-state index contributed by atoms with van der Waals surface area (Å²) in [6.07, 6.45) is 6.51. The Kier molecular flexibility index (Phi) is 6.75. The molecule has 200 valence electrons. The molecule has 1 aromatic carbocycles. The first-order valence-electron chi connectivity index (χ1n) is 12.8. The Morgan fingerprint density at radius 3 is 2.58 bits per heavy atom. The predicted molar refractivity (Wildman–Crippen MR) is 147 cm³/mol. The Morgan fingerprint density at radius 1 is 1.29 bits per heavy atom. The van der Waals surface area contributed by atoms with E-state index in [1.165, 1.54) is 6.08 Å². The molecule has 0 saturated heterocycles. The number of rotatable bonds is 7. The number of benzene rings is 1. The van der Waals surface area contributed by atoms with Crippen LogP contribution in [0.25, 0.3) is 38.8 Å². The van der Waals surface area contributed by atoms with E-state index < -0.39 is 12.1 Å². The number of aromatic amines is 1. The molecule has 1 saturated carbocycles. The highest BCUT2D eigenvalue weighted by atomic mass is 19.1. The van der Waals surface area contributed by atoms with Gasteiger partial charge in [0, 0.05) is 24.4 Å². The number of aliphatic hydroxyl groups excluding tert-OH is 1. The van der Waals surface area contributed by atoms with Crippen LogP contribution in [0.1, 0.15) is 51.3 Å². The molecule has 9 nitrogen and oxygen atoms in total. The molecule has 38 heavy (non-hydrogen) atoms. The van der Waals surface area contributed by atoms with Crippen molar-refractivity contribution in [2.24, 2.45) is 18.5 Å². The average Bonchev–Trinajstić information content (AvgIpc) is 3.59. The lowest BCUT2D eigenvalue weighted by Gasteiger charge is -2.13. The number of halogens is 1. The van der Waals surface area contributed by atoms with Gasteiger partial charge >= 0.3 is 5.69 Å². The van der Waals surface area contributed by atoms with Crippen LogP contribution >= 0.6 is 0 Å². The topological polar surface area (TPSA) is 137 Å². The van der Waals surface area contributed by atoms with Crippen molar-refractivity contribution in [2.45, 2.75) is 51.7 Å². The summed E-state index contributed by atoms with van der Waals surface area (Å²) >= 11 is 0. The van der Waals surface area contributed by atoms with Gasteiger partial charge in [-0.3, -0.25) is 9.13 Å². The van der Waals surface area contributed by atoms with Crippen LogP contribution in [0.3, 0.4) is 0 Å². The van der Waals surface area contributed by atoms with Crippen molar-refractivity contribution in [2.75, 3.05) is 6.61 Å². The van der Waals surface area contributed by atoms with E-state index in [1.807, 2.05) is 16.7 Å². The summed E-state index contributed by atoms with van der Waals surface area (Å²) in [6, 6.07) is 7.36. The molecule has 0 radical (unpaired) electrons. The smallest absolute Gasteiger partial charge is 0.329 e. The lowest BCUT2D eigenvalue weighted by Crippen LogP contribution is -2.24. The first-order valence-corrected chi connectivity index (χ1v) is 12.8. The number of H-pyrrole nitrogens is 1. The van der Waals surface area contributed by atoms with Crippen molar-refractivity contribution in [3.05, 3.63) is 64.4 Å². The number of nitrogens with two attached hydrogens (primary N) is 2. The van der Waals surface area contributed by atoms with Gasteiger partial charge in [0.1, 0.15) is 18.0 Å². The highest BCUT2D eigenvalue weighted by Gasteiger charge is 2.28. The number of aromatic nitrogens is 4. The van der Waals surface area contributed by atoms with Crippen LogP contribution in [-0.4, -0.2) is 36.9 Å². The summed E-state index contributed by atoms with van der Waals surface area (Å²) in [5.74, 6) is -0.308. The number of nitrogens with zero attached hydrogens (tertiary/aromatic N) is 3. The third-order valence-corrected chi connectivity index (χ3v) is 7.09. The van der Waals surface area contributed by atoms with E-state index in [1.54, 1.807) is 43.8 Å². The van der Waals surface area contributed by atoms with Gasteiger partial charge in [0.05, 0.1) is 40.0 Å². The fourth-order valence-electron chi connectivity index (χ4n) is 5.39. The summed E-state index contributed by atoms with van der Waals surface area (Å²) in [7, 11) is 1.75. The average molecular weight is 521 g/mol. The molecule has 1 atom stereocenters. The number of hydrogen-bond acceptors (Lipinski definition) is 6. The van der Waals surface area contributed by atoms with Crippen LogP contribution in [0, 0.1) is 0 Å². The minimum absolute atomic E-state index is 0.0756. The van der Waals surface area contributed by atoms with E-state index in [2.05, 4.69) is 9.97 Å². The molecule has 10 heteroatoms. The van der Waals surface area contributed by atoms with Gasteiger partial charge < -0.3 is 26.3 Å². The third-order valence-electron chi connectivity index (χ3n) is 7.09. The zero-order valence-electron chi connectivity index (χ0n) is 21.8. The standard InChI is InChI=1S/C28H33FN6O3/c1-15(30)12-20(26(29)31)24-22(17-8-10-19(11-9-17)38-14-16(2)36)23-25-21(13-32-27(23)33-24)34(3)28(37)35(25)18-6-4-5-7-18/h8-13,16,18,36H,4-7,14,30-31H2,1-3H3,(H,32,33)/b15-12-,26-20?. The molecular weight excluding hydrogens is 487 g/mol. The van der Waals surface area contributed by atoms with Gasteiger partial charge in [-0.15, -0.1) is 0 Å². The number of ether oxygens (including phenoxy) is 1. The van der Waals surface area contributed by atoms with Crippen molar-refractivity contribution < 1.29 is 14.2 Å². The maximum Gasteiger partial charge on any atom is 0.329 e. The molecule has 4 aromatic rings. The molecule has 0 spiro atoms. The lowest BCUT2D eigenvalue weighted by atomic mass is 9.97. The molecule has 1 unspecified atom stereocenters. The van der Waals surface area contributed by atoms with Crippen LogP contribution in [0.15, 0.2) is 53.0 Å². The summed E-state index contributed by atoms with van der Waals surface area (Å²) in [6.45, 7) is 3.47. The predicted octanol–water partition coefficient (Wildman–Crippen LogP) is 4.22. The number of aryl methyl sites for hydroxylation is 1. The van der Waals surface area contributed by atoms with Crippen LogP contribution in [-0.2, 0) is 7.05 Å². The highest BCUT2D eigenvalue weighted by molar-refractivity contribution is 6.13. The molecule has 0 bridgehead atoms. The second-order valence-corrected chi connectivity index (χ2v) is 10.1. The third kappa shape index (κ3) is 4.45. The Hall–Kier alpha value is -4.05. The quantitative estimate of drug-likeness (QED) is 0.213. The second kappa shape index (κ2) is 10.0. The summed E-state index contributed by atoms with van der Waals surface area (Å²) in [4.78, 5) is 21.4. The Balaban J connectivity index is 1.85. The number of aliphatic hydroxyl groups is 1. The van der Waals surface area contributed by atoms with Gasteiger partial charge in [0.25, 0.3) is 0 Å². The van der Waals surface area contributed by atoms with Gasteiger partial charge in [0.15, 0.2) is 5.95 Å². The maximum atomic E-state index is 14.8. The van der Waals surface area contributed by atoms with Crippen molar-refractivity contribution in [1.29, 1.82) is 0 Å². The number of hydrogen-bond donors (Lipinski definition) is 4. The SMILES string of the molecule is C/C(N)=C/C(=C(N)F)c1[nH]c2ncc3c(c2c1-c1ccc(OCC(C)O)cc1)n(C1CCCC1)c(=O)n3C. The van der Waals surface area contributed by atoms with Crippen molar-refractivity contribution >= 4 is 27.6 Å². The molecule has 1 fully saturated rings. The Bertz CT molecular complexity index is 1610. The molecule has 0 amide bonds. The molecular formula is C28H33FN6O3. The van der Waals surface area contributed by atoms with Gasteiger partial charge in [-0.25, -0.2) is 9.78 Å². The van der Waals surface area contributed by atoms with Crippen LogP contribution in [0.4, 0.5) is 4.39 Å². The molecule has 0 aliphatic heterocycles. The summed E-state index contributed by atoms with van der Waals surface area (Å²) in [5.41, 5.74) is 15.8. The second-order valence-electron chi connectivity index (χ2n) is 10.1. The number of nitrogens with one attached hydrogen (secondary N) is 1. The number of pyridine rings is 1. The van der Waals surface area contributed by atoms with E-state index in [0.717, 1.165) is 36.8 Å². The Labute approximate surface area is 219 Å². The summed E-state index contributed by atoms with van der Waals surface area (Å²) in [5, 5.41) is 10.3. The molecule has 6 N–H and O–H groups in total. The van der Waals surface area contributed by atoms with Gasteiger partial charge in [0.2, 0.25) is 0 Å². The van der Waals surface area contributed by atoms with Crippen LogP contribution < -0.4 is 21.9 Å². The lowest BCUT2D eigenvalue weighted by molar-refractivity contribution is 0.123. The first-order chi connectivity index (χ1) is 18.2. The van der Waals surface area contributed by atoms with E-state index >= 15 is 0 Å². The van der Waals surface area contributed by atoms with E-state index in [9.17, 15) is 14.3 Å². The molecule has 3 heterocycles. The largest absolute Gasteiger partial charge is 0.491 e. The minimum Gasteiger partial charge on any atom is -0.491 e. The number of allylic oxidation sites excluding steroid dienone is 3. The number of fused-ring (bicyclic) bond motifs is 3. The van der Waals surface area contributed by atoms with Crippen molar-refractivity contribution in [3.63, 3.8) is 0 Å². The van der Waals surface area contributed by atoms with Crippen LogP contribution in [0.5, 0.6) is 5.75 Å². The highest BCUT2D eigenvalue weighted by Crippen LogP contribution is 2.42. The fraction of sp³-hybridized carbons (Fsp3) is 0.357. The van der Waals surface area contributed by atoms with E-state index in [4.69, 9.17) is 16.2 Å². The molecule has 3 aromatic heterocycles. The maximum absolute atomic E-state index is 14.8. The fourth-order valence-corrected chi connectivity index (χ4v) is 5.39. The minimum atomic E-state index is -0.892.